The first-order valence-electron chi connectivity index (χ1n) is 9.21. The second-order valence-electron chi connectivity index (χ2n) is 6.94. The lowest BCUT2D eigenvalue weighted by molar-refractivity contribution is -0.114. The summed E-state index contributed by atoms with van der Waals surface area (Å²) in [6.45, 7) is 7.58. The van der Waals surface area contributed by atoms with Crippen LogP contribution in [0.15, 0.2) is 48.5 Å². The summed E-state index contributed by atoms with van der Waals surface area (Å²) in [7, 11) is 0. The number of benzene rings is 2. The molecule has 1 fully saturated rings. The molecule has 6 heteroatoms. The van der Waals surface area contributed by atoms with E-state index in [0.29, 0.717) is 24.5 Å². The molecule has 1 aliphatic rings. The zero-order valence-electron chi connectivity index (χ0n) is 15.9. The molecule has 0 spiro atoms. The van der Waals surface area contributed by atoms with E-state index >= 15 is 0 Å². The Balaban J connectivity index is 1.50. The van der Waals surface area contributed by atoms with E-state index < -0.39 is 0 Å². The molecule has 0 radical (unpaired) electrons. The number of urea groups is 1. The first-order chi connectivity index (χ1) is 13.0. The number of aryl methyl sites for hydroxylation is 1. The molecular formula is C21H26N4O2. The van der Waals surface area contributed by atoms with Gasteiger partial charge in [-0.15, -0.1) is 0 Å². The third-order valence-electron chi connectivity index (χ3n) is 4.58. The number of nitrogens with one attached hydrogen (secondary N) is 2. The number of carbonyl (C=O) groups is 2. The van der Waals surface area contributed by atoms with E-state index in [4.69, 9.17) is 0 Å². The maximum absolute atomic E-state index is 12.5. The Morgan fingerprint density at radius 1 is 0.926 bits per heavy atom. The van der Waals surface area contributed by atoms with Gasteiger partial charge in [0.2, 0.25) is 5.91 Å². The topological polar surface area (TPSA) is 64.7 Å². The van der Waals surface area contributed by atoms with Gasteiger partial charge >= 0.3 is 6.03 Å². The van der Waals surface area contributed by atoms with Gasteiger partial charge in [-0.2, -0.15) is 0 Å². The zero-order chi connectivity index (χ0) is 19.2. The second-order valence-corrected chi connectivity index (χ2v) is 6.94. The van der Waals surface area contributed by atoms with E-state index in [1.807, 2.05) is 11.0 Å². The molecule has 142 valence electrons. The van der Waals surface area contributed by atoms with E-state index in [2.05, 4.69) is 46.7 Å². The van der Waals surface area contributed by atoms with Crippen molar-refractivity contribution in [3.8, 4) is 0 Å². The maximum atomic E-state index is 12.5. The van der Waals surface area contributed by atoms with Crippen molar-refractivity contribution in [1.29, 1.82) is 0 Å². The quantitative estimate of drug-likeness (QED) is 0.873. The summed E-state index contributed by atoms with van der Waals surface area (Å²) in [6, 6.07) is 15.6. The molecule has 0 unspecified atom stereocenters. The molecule has 3 rings (SSSR count). The van der Waals surface area contributed by atoms with Crippen LogP contribution < -0.4 is 10.6 Å². The van der Waals surface area contributed by atoms with Gasteiger partial charge in [-0.3, -0.25) is 9.69 Å². The lowest BCUT2D eigenvalue weighted by Gasteiger charge is -2.34. The highest BCUT2D eigenvalue weighted by atomic mass is 16.2. The van der Waals surface area contributed by atoms with Crippen molar-refractivity contribution in [3.05, 3.63) is 59.7 Å². The van der Waals surface area contributed by atoms with Crippen LogP contribution in [0.1, 0.15) is 18.1 Å². The molecule has 1 heterocycles. The Labute approximate surface area is 160 Å². The minimum Gasteiger partial charge on any atom is -0.326 e. The van der Waals surface area contributed by atoms with Gasteiger partial charge in [0.15, 0.2) is 0 Å². The SMILES string of the molecule is CC(=O)Nc1cccc(NC(=O)N2CCN(Cc3cccc(C)c3)CC2)c1. The monoisotopic (exact) mass is 366 g/mol. The normalized spacial score (nSPS) is 14.7. The fraction of sp³-hybridized carbons (Fsp3) is 0.333. The van der Waals surface area contributed by atoms with Gasteiger partial charge in [-0.1, -0.05) is 35.9 Å². The summed E-state index contributed by atoms with van der Waals surface area (Å²) in [6.07, 6.45) is 0. The molecule has 0 aromatic heterocycles. The smallest absolute Gasteiger partial charge is 0.321 e. The van der Waals surface area contributed by atoms with Crippen molar-refractivity contribution in [2.24, 2.45) is 0 Å². The number of rotatable bonds is 4. The number of hydrogen-bond acceptors (Lipinski definition) is 3. The van der Waals surface area contributed by atoms with Crippen LogP contribution in [0.25, 0.3) is 0 Å². The summed E-state index contributed by atoms with van der Waals surface area (Å²) >= 11 is 0. The van der Waals surface area contributed by atoms with Crippen molar-refractivity contribution >= 4 is 23.3 Å². The van der Waals surface area contributed by atoms with Crippen molar-refractivity contribution in [2.45, 2.75) is 20.4 Å². The summed E-state index contributed by atoms with van der Waals surface area (Å²) < 4.78 is 0. The number of hydrogen-bond donors (Lipinski definition) is 2. The van der Waals surface area contributed by atoms with E-state index in [0.717, 1.165) is 19.6 Å². The van der Waals surface area contributed by atoms with E-state index in [-0.39, 0.29) is 11.9 Å². The van der Waals surface area contributed by atoms with Crippen LogP contribution in [0.5, 0.6) is 0 Å². The molecule has 2 N–H and O–H groups in total. The molecule has 0 aliphatic carbocycles. The van der Waals surface area contributed by atoms with Crippen LogP contribution in [0.4, 0.5) is 16.2 Å². The highest BCUT2D eigenvalue weighted by Crippen LogP contribution is 2.16. The lowest BCUT2D eigenvalue weighted by atomic mass is 10.1. The van der Waals surface area contributed by atoms with Gasteiger partial charge in [0.1, 0.15) is 0 Å². The first kappa shape index (κ1) is 18.9. The van der Waals surface area contributed by atoms with E-state index in [1.165, 1.54) is 18.1 Å². The summed E-state index contributed by atoms with van der Waals surface area (Å²) in [5.74, 6) is -0.136. The molecule has 0 bridgehead atoms. The van der Waals surface area contributed by atoms with Gasteiger partial charge in [-0.05, 0) is 30.7 Å². The summed E-state index contributed by atoms with van der Waals surface area (Å²) in [5.41, 5.74) is 3.92. The number of nitrogens with zero attached hydrogens (tertiary/aromatic N) is 2. The largest absolute Gasteiger partial charge is 0.326 e. The third-order valence-corrected chi connectivity index (χ3v) is 4.58. The van der Waals surface area contributed by atoms with Crippen molar-refractivity contribution < 1.29 is 9.59 Å². The zero-order valence-corrected chi connectivity index (χ0v) is 15.9. The molecule has 1 aliphatic heterocycles. The van der Waals surface area contributed by atoms with Crippen molar-refractivity contribution in [2.75, 3.05) is 36.8 Å². The van der Waals surface area contributed by atoms with E-state index in [9.17, 15) is 9.59 Å². The highest BCUT2D eigenvalue weighted by Gasteiger charge is 2.21. The van der Waals surface area contributed by atoms with Crippen molar-refractivity contribution in [3.63, 3.8) is 0 Å². The molecule has 1 saturated heterocycles. The van der Waals surface area contributed by atoms with Crippen LogP contribution in [0, 0.1) is 6.92 Å². The van der Waals surface area contributed by atoms with Gasteiger partial charge < -0.3 is 15.5 Å². The van der Waals surface area contributed by atoms with Crippen LogP contribution >= 0.6 is 0 Å². The third kappa shape index (κ3) is 5.56. The summed E-state index contributed by atoms with van der Waals surface area (Å²) in [5, 5.41) is 5.63. The molecule has 2 aromatic rings. The number of carbonyl (C=O) groups excluding carboxylic acids is 2. The predicted octanol–water partition coefficient (Wildman–Crippen LogP) is 3.30. The molecule has 27 heavy (non-hydrogen) atoms. The first-order valence-corrected chi connectivity index (χ1v) is 9.21. The standard InChI is InChI=1S/C21H26N4O2/c1-16-5-3-6-18(13-16)15-24-9-11-25(12-10-24)21(27)23-20-8-4-7-19(14-20)22-17(2)26/h3-8,13-14H,9-12,15H2,1-2H3,(H,22,26)(H,23,27). The average molecular weight is 366 g/mol. The van der Waals surface area contributed by atoms with Gasteiger partial charge in [0, 0.05) is 51.0 Å². The minimum atomic E-state index is -0.136. The van der Waals surface area contributed by atoms with E-state index in [1.54, 1.807) is 18.2 Å². The Bertz CT molecular complexity index is 813. The molecule has 0 saturated carbocycles. The minimum absolute atomic E-state index is 0.106. The lowest BCUT2D eigenvalue weighted by Crippen LogP contribution is -2.49. The number of amides is 3. The fourth-order valence-electron chi connectivity index (χ4n) is 3.26. The molecule has 3 amide bonds. The predicted molar refractivity (Wildman–Crippen MR) is 108 cm³/mol. The maximum Gasteiger partial charge on any atom is 0.321 e. The molecule has 6 nitrogen and oxygen atoms in total. The van der Waals surface area contributed by atoms with Gasteiger partial charge in [0.25, 0.3) is 0 Å². The Hall–Kier alpha value is -2.86. The Kier molecular flexibility index (Phi) is 6.08. The second kappa shape index (κ2) is 8.68. The number of piperazine rings is 1. The van der Waals surface area contributed by atoms with Gasteiger partial charge in [0.05, 0.1) is 0 Å². The van der Waals surface area contributed by atoms with Crippen LogP contribution in [-0.2, 0) is 11.3 Å². The van der Waals surface area contributed by atoms with Crippen molar-refractivity contribution in [1.82, 2.24) is 9.80 Å². The van der Waals surface area contributed by atoms with Crippen LogP contribution in [0.3, 0.4) is 0 Å². The van der Waals surface area contributed by atoms with Gasteiger partial charge in [-0.25, -0.2) is 4.79 Å². The van der Waals surface area contributed by atoms with Crippen LogP contribution in [-0.4, -0.2) is 47.9 Å². The Morgan fingerprint density at radius 2 is 1.59 bits per heavy atom. The molecule has 0 atom stereocenters. The average Bonchev–Trinajstić information content (AvgIpc) is 2.62. The molecule has 2 aromatic carbocycles. The Morgan fingerprint density at radius 3 is 2.26 bits per heavy atom. The molecular weight excluding hydrogens is 340 g/mol. The fourth-order valence-corrected chi connectivity index (χ4v) is 3.26. The van der Waals surface area contributed by atoms with Crippen LogP contribution in [0.2, 0.25) is 0 Å². The number of anilines is 2. The highest BCUT2D eigenvalue weighted by molar-refractivity contribution is 5.92. The summed E-state index contributed by atoms with van der Waals surface area (Å²) in [4.78, 5) is 27.9.